The molecule has 0 unspecified atom stereocenters. The Morgan fingerprint density at radius 1 is 0.962 bits per heavy atom. The summed E-state index contributed by atoms with van der Waals surface area (Å²) in [7, 11) is 0. The van der Waals surface area contributed by atoms with Crippen LogP contribution in [0.5, 0.6) is 0 Å². The standard InChI is InChI=1S/C22H29N3O/c1-2-23-22(24-14-18-11-12-18)25-15-20-9-6-10-21(13-20)17-26-16-19-7-4-3-5-8-19/h3-10,13,18H,2,11-12,14-17H2,1H3,(H2,23,24,25). The van der Waals surface area contributed by atoms with E-state index in [1.807, 2.05) is 18.2 Å². The van der Waals surface area contributed by atoms with Crippen LogP contribution in [0.15, 0.2) is 59.6 Å². The number of benzene rings is 2. The molecule has 4 heteroatoms. The third kappa shape index (κ3) is 6.52. The van der Waals surface area contributed by atoms with Crippen LogP contribution in [0.2, 0.25) is 0 Å². The molecule has 0 saturated heterocycles. The highest BCUT2D eigenvalue weighted by molar-refractivity contribution is 5.79. The average Bonchev–Trinajstić information content (AvgIpc) is 3.50. The van der Waals surface area contributed by atoms with Gasteiger partial charge in [-0.05, 0) is 42.4 Å². The third-order valence-corrected chi connectivity index (χ3v) is 4.39. The second kappa shape index (κ2) is 9.97. The highest BCUT2D eigenvalue weighted by Crippen LogP contribution is 2.27. The van der Waals surface area contributed by atoms with Crippen molar-refractivity contribution in [2.45, 2.75) is 39.5 Å². The number of hydrogen-bond acceptors (Lipinski definition) is 2. The summed E-state index contributed by atoms with van der Waals surface area (Å²) in [5.74, 6) is 1.74. The van der Waals surface area contributed by atoms with Gasteiger partial charge in [0.15, 0.2) is 5.96 Å². The van der Waals surface area contributed by atoms with Crippen molar-refractivity contribution < 1.29 is 4.74 Å². The summed E-state index contributed by atoms with van der Waals surface area (Å²) in [6.45, 7) is 5.93. The van der Waals surface area contributed by atoms with Gasteiger partial charge in [0.25, 0.3) is 0 Å². The van der Waals surface area contributed by atoms with Crippen LogP contribution in [-0.4, -0.2) is 19.0 Å². The van der Waals surface area contributed by atoms with Crippen molar-refractivity contribution in [1.29, 1.82) is 0 Å². The van der Waals surface area contributed by atoms with Crippen LogP contribution in [0.4, 0.5) is 0 Å². The van der Waals surface area contributed by atoms with Gasteiger partial charge in [0.05, 0.1) is 19.8 Å². The number of ether oxygens (including phenoxy) is 1. The lowest BCUT2D eigenvalue weighted by Gasteiger charge is -2.11. The van der Waals surface area contributed by atoms with Crippen molar-refractivity contribution in [2.75, 3.05) is 13.1 Å². The molecule has 0 heterocycles. The Morgan fingerprint density at radius 2 is 1.69 bits per heavy atom. The van der Waals surface area contributed by atoms with E-state index < -0.39 is 0 Å². The van der Waals surface area contributed by atoms with Gasteiger partial charge in [0.1, 0.15) is 0 Å². The molecule has 0 amide bonds. The van der Waals surface area contributed by atoms with Crippen molar-refractivity contribution in [2.24, 2.45) is 10.9 Å². The predicted molar refractivity (Wildman–Crippen MR) is 107 cm³/mol. The van der Waals surface area contributed by atoms with Gasteiger partial charge < -0.3 is 15.4 Å². The van der Waals surface area contributed by atoms with Crippen molar-refractivity contribution in [1.82, 2.24) is 10.6 Å². The van der Waals surface area contributed by atoms with E-state index in [4.69, 9.17) is 9.73 Å². The molecule has 0 aromatic heterocycles. The topological polar surface area (TPSA) is 45.7 Å². The fourth-order valence-corrected chi connectivity index (χ4v) is 2.75. The van der Waals surface area contributed by atoms with E-state index in [0.29, 0.717) is 19.8 Å². The Bertz CT molecular complexity index is 696. The first-order chi connectivity index (χ1) is 12.8. The molecule has 1 aliphatic rings. The van der Waals surface area contributed by atoms with E-state index in [-0.39, 0.29) is 0 Å². The first-order valence-electron chi connectivity index (χ1n) is 9.55. The van der Waals surface area contributed by atoms with Gasteiger partial charge in [-0.3, -0.25) is 0 Å². The first kappa shape index (κ1) is 18.5. The molecule has 2 N–H and O–H groups in total. The van der Waals surface area contributed by atoms with Gasteiger partial charge in [-0.25, -0.2) is 4.99 Å². The van der Waals surface area contributed by atoms with E-state index in [9.17, 15) is 0 Å². The number of nitrogens with zero attached hydrogens (tertiary/aromatic N) is 1. The monoisotopic (exact) mass is 351 g/mol. The fourth-order valence-electron chi connectivity index (χ4n) is 2.75. The summed E-state index contributed by atoms with van der Waals surface area (Å²) in [4.78, 5) is 4.71. The normalized spacial score (nSPS) is 14.3. The van der Waals surface area contributed by atoms with Gasteiger partial charge in [0.2, 0.25) is 0 Å². The summed E-state index contributed by atoms with van der Waals surface area (Å²) in [5.41, 5.74) is 3.59. The van der Waals surface area contributed by atoms with E-state index in [1.54, 1.807) is 0 Å². The molecule has 1 saturated carbocycles. The van der Waals surface area contributed by atoms with Crippen molar-refractivity contribution in [3.05, 3.63) is 71.3 Å². The molecule has 4 nitrogen and oxygen atoms in total. The molecule has 0 atom stereocenters. The van der Waals surface area contributed by atoms with Gasteiger partial charge in [-0.2, -0.15) is 0 Å². The minimum absolute atomic E-state index is 0.618. The summed E-state index contributed by atoms with van der Waals surface area (Å²) in [6.07, 6.45) is 2.69. The maximum Gasteiger partial charge on any atom is 0.191 e. The van der Waals surface area contributed by atoms with Crippen LogP contribution in [0, 0.1) is 5.92 Å². The second-order valence-corrected chi connectivity index (χ2v) is 6.82. The molecular weight excluding hydrogens is 322 g/mol. The minimum atomic E-state index is 0.618. The van der Waals surface area contributed by atoms with Crippen molar-refractivity contribution >= 4 is 5.96 Å². The molecule has 1 aliphatic carbocycles. The fraction of sp³-hybridized carbons (Fsp3) is 0.409. The van der Waals surface area contributed by atoms with Gasteiger partial charge in [-0.15, -0.1) is 0 Å². The van der Waals surface area contributed by atoms with E-state index in [2.05, 4.69) is 54.0 Å². The average molecular weight is 351 g/mol. The molecule has 0 radical (unpaired) electrons. The highest BCUT2D eigenvalue weighted by atomic mass is 16.5. The van der Waals surface area contributed by atoms with E-state index >= 15 is 0 Å². The molecule has 1 fully saturated rings. The largest absolute Gasteiger partial charge is 0.372 e. The minimum Gasteiger partial charge on any atom is -0.372 e. The lowest BCUT2D eigenvalue weighted by Crippen LogP contribution is -2.38. The number of rotatable bonds is 9. The zero-order chi connectivity index (χ0) is 18.0. The van der Waals surface area contributed by atoms with Gasteiger partial charge in [-0.1, -0.05) is 54.6 Å². The quantitative estimate of drug-likeness (QED) is 0.532. The first-order valence-corrected chi connectivity index (χ1v) is 9.55. The molecule has 0 aliphatic heterocycles. The SMILES string of the molecule is CCNC(=NCc1cccc(COCc2ccccc2)c1)NCC1CC1. The predicted octanol–water partition coefficient (Wildman–Crippen LogP) is 3.87. The second-order valence-electron chi connectivity index (χ2n) is 6.82. The number of aliphatic imine (C=N–C) groups is 1. The van der Waals surface area contributed by atoms with Gasteiger partial charge in [0, 0.05) is 13.1 Å². The Kier molecular flexibility index (Phi) is 7.08. The highest BCUT2D eigenvalue weighted by Gasteiger charge is 2.20. The molecule has 2 aromatic carbocycles. The van der Waals surface area contributed by atoms with Crippen LogP contribution >= 0.6 is 0 Å². The number of nitrogens with one attached hydrogen (secondary N) is 2. The van der Waals surface area contributed by atoms with Crippen molar-refractivity contribution in [3.8, 4) is 0 Å². The van der Waals surface area contributed by atoms with Gasteiger partial charge >= 0.3 is 0 Å². The molecule has 2 aromatic rings. The van der Waals surface area contributed by atoms with Crippen LogP contribution < -0.4 is 10.6 Å². The molecule has 138 valence electrons. The summed E-state index contributed by atoms with van der Waals surface area (Å²) in [6, 6.07) is 18.8. The molecule has 0 bridgehead atoms. The third-order valence-electron chi connectivity index (χ3n) is 4.39. The zero-order valence-electron chi connectivity index (χ0n) is 15.6. The molecule has 26 heavy (non-hydrogen) atoms. The number of hydrogen-bond donors (Lipinski definition) is 2. The molecular formula is C22H29N3O. The van der Waals surface area contributed by atoms with Crippen LogP contribution in [0.25, 0.3) is 0 Å². The van der Waals surface area contributed by atoms with E-state index in [0.717, 1.165) is 25.0 Å². The van der Waals surface area contributed by atoms with E-state index in [1.165, 1.54) is 29.5 Å². The Balaban J connectivity index is 1.49. The Hall–Kier alpha value is -2.33. The number of guanidine groups is 1. The van der Waals surface area contributed by atoms with Crippen LogP contribution in [0.3, 0.4) is 0 Å². The van der Waals surface area contributed by atoms with Crippen LogP contribution in [0.1, 0.15) is 36.5 Å². The maximum absolute atomic E-state index is 5.84. The lowest BCUT2D eigenvalue weighted by atomic mass is 10.1. The maximum atomic E-state index is 5.84. The summed E-state index contributed by atoms with van der Waals surface area (Å²) >= 11 is 0. The Labute approximate surface area is 156 Å². The van der Waals surface area contributed by atoms with Crippen LogP contribution in [-0.2, 0) is 24.5 Å². The Morgan fingerprint density at radius 3 is 2.46 bits per heavy atom. The molecule has 0 spiro atoms. The lowest BCUT2D eigenvalue weighted by molar-refractivity contribution is 0.107. The summed E-state index contributed by atoms with van der Waals surface area (Å²) < 4.78 is 5.84. The zero-order valence-corrected chi connectivity index (χ0v) is 15.6. The van der Waals surface area contributed by atoms with Crippen molar-refractivity contribution in [3.63, 3.8) is 0 Å². The molecule has 3 rings (SSSR count). The smallest absolute Gasteiger partial charge is 0.191 e. The summed E-state index contributed by atoms with van der Waals surface area (Å²) in [5, 5.41) is 6.75.